The first-order valence-corrected chi connectivity index (χ1v) is 10.8. The number of benzene rings is 2. The number of rotatable bonds is 6. The van der Waals surface area contributed by atoms with Gasteiger partial charge in [0.2, 0.25) is 10.0 Å². The Kier molecular flexibility index (Phi) is 7.03. The molecule has 3 rings (SSSR count). The van der Waals surface area contributed by atoms with E-state index in [2.05, 4.69) is 10.6 Å². The fourth-order valence-corrected chi connectivity index (χ4v) is 4.55. The van der Waals surface area contributed by atoms with Gasteiger partial charge in [-0.2, -0.15) is 4.31 Å². The molecule has 2 aromatic carbocycles. The lowest BCUT2D eigenvalue weighted by atomic mass is 10.2. The van der Waals surface area contributed by atoms with E-state index in [1.54, 1.807) is 24.3 Å². The zero-order chi connectivity index (χ0) is 21.7. The molecule has 11 heteroatoms. The Morgan fingerprint density at radius 1 is 1.10 bits per heavy atom. The first-order chi connectivity index (χ1) is 14.3. The summed E-state index contributed by atoms with van der Waals surface area (Å²) >= 11 is 6.00. The Labute approximate surface area is 178 Å². The van der Waals surface area contributed by atoms with E-state index in [0.717, 1.165) is 28.6 Å². The van der Waals surface area contributed by atoms with Gasteiger partial charge in [0.05, 0.1) is 18.0 Å². The fraction of sp³-hybridized carbons (Fsp3) is 0.263. The van der Waals surface area contributed by atoms with Crippen LogP contribution in [0, 0.1) is 5.82 Å². The Balaban J connectivity index is 1.56. The molecule has 160 valence electrons. The van der Waals surface area contributed by atoms with E-state index >= 15 is 0 Å². The Morgan fingerprint density at radius 3 is 2.47 bits per heavy atom. The summed E-state index contributed by atoms with van der Waals surface area (Å²) < 4.78 is 45.0. The maximum Gasteiger partial charge on any atom is 0.309 e. The minimum atomic E-state index is -3.95. The molecule has 2 amide bonds. The van der Waals surface area contributed by atoms with Gasteiger partial charge in [0.15, 0.2) is 0 Å². The van der Waals surface area contributed by atoms with Gasteiger partial charge in [-0.1, -0.05) is 29.8 Å². The van der Waals surface area contributed by atoms with Gasteiger partial charge in [0.1, 0.15) is 12.0 Å². The zero-order valence-electron chi connectivity index (χ0n) is 15.7. The van der Waals surface area contributed by atoms with Crippen molar-refractivity contribution in [3.05, 3.63) is 64.9 Å². The van der Waals surface area contributed by atoms with Crippen molar-refractivity contribution in [1.29, 1.82) is 0 Å². The molecule has 2 N–H and O–H groups in total. The quantitative estimate of drug-likeness (QED) is 0.638. The van der Waals surface area contributed by atoms with Gasteiger partial charge in [0, 0.05) is 18.1 Å². The number of hydrogen-bond donors (Lipinski definition) is 2. The highest BCUT2D eigenvalue weighted by molar-refractivity contribution is 7.89. The molecular weight excluding hydrogens is 437 g/mol. The number of nitrogens with zero attached hydrogens (tertiary/aromatic N) is 1. The van der Waals surface area contributed by atoms with Gasteiger partial charge >= 0.3 is 11.8 Å². The summed E-state index contributed by atoms with van der Waals surface area (Å²) in [6.07, 6.45) is -0.986. The number of sulfonamides is 1. The van der Waals surface area contributed by atoms with Crippen LogP contribution in [0.25, 0.3) is 0 Å². The van der Waals surface area contributed by atoms with Gasteiger partial charge in [-0.3, -0.25) is 9.59 Å². The second kappa shape index (κ2) is 9.52. The van der Waals surface area contributed by atoms with Crippen LogP contribution in [0.3, 0.4) is 0 Å². The number of carbonyl (C=O) groups is 2. The Bertz CT molecular complexity index is 1030. The molecule has 30 heavy (non-hydrogen) atoms. The largest absolute Gasteiger partial charge is 0.359 e. The lowest BCUT2D eigenvalue weighted by Gasteiger charge is -2.22. The molecule has 0 aliphatic carbocycles. The van der Waals surface area contributed by atoms with E-state index < -0.39 is 33.9 Å². The highest BCUT2D eigenvalue weighted by Crippen LogP contribution is 2.22. The number of carbonyl (C=O) groups excluding carboxylic acids is 2. The van der Waals surface area contributed by atoms with Crippen LogP contribution in [-0.4, -0.2) is 50.5 Å². The number of amides is 2. The molecule has 1 aliphatic heterocycles. The SMILES string of the molecule is O=C(NCc1ccccc1Cl)C(=O)NC[C@H]1OCCN1S(=O)(=O)c1ccc(F)cc1. The Morgan fingerprint density at radius 2 is 1.77 bits per heavy atom. The normalized spacial score (nSPS) is 16.9. The molecule has 0 spiro atoms. The summed E-state index contributed by atoms with van der Waals surface area (Å²) in [6.45, 7) is 0.0360. The first kappa shape index (κ1) is 22.2. The van der Waals surface area contributed by atoms with Crippen LogP contribution in [0.2, 0.25) is 5.02 Å². The third-order valence-electron chi connectivity index (χ3n) is 4.40. The van der Waals surface area contributed by atoms with Crippen LogP contribution < -0.4 is 10.6 Å². The standard InChI is InChI=1S/C19H19ClFN3O5S/c20-16-4-2-1-3-13(16)11-22-18(25)19(26)23-12-17-24(9-10-29-17)30(27,28)15-7-5-14(21)6-8-15/h1-8,17H,9-12H2,(H,22,25)(H,23,26)/t17-/m1/s1. The van der Waals surface area contributed by atoms with Crippen LogP contribution in [0.15, 0.2) is 53.4 Å². The number of hydrogen-bond acceptors (Lipinski definition) is 5. The molecular formula is C19H19ClFN3O5S. The molecule has 0 bridgehead atoms. The van der Waals surface area contributed by atoms with E-state index in [1.807, 2.05) is 0 Å². The predicted molar refractivity (Wildman–Crippen MR) is 106 cm³/mol. The predicted octanol–water partition coefficient (Wildman–Crippen LogP) is 1.26. The minimum absolute atomic E-state index is 0.0664. The molecule has 1 fully saturated rings. The maximum absolute atomic E-state index is 13.1. The summed E-state index contributed by atoms with van der Waals surface area (Å²) in [5.74, 6) is -2.38. The minimum Gasteiger partial charge on any atom is -0.359 e. The third kappa shape index (κ3) is 5.14. The average molecular weight is 456 g/mol. The van der Waals surface area contributed by atoms with E-state index in [4.69, 9.17) is 16.3 Å². The van der Waals surface area contributed by atoms with E-state index in [1.165, 1.54) is 0 Å². The lowest BCUT2D eigenvalue weighted by molar-refractivity contribution is -0.139. The molecule has 1 aliphatic rings. The van der Waals surface area contributed by atoms with Gasteiger partial charge in [-0.15, -0.1) is 0 Å². The molecule has 0 aromatic heterocycles. The van der Waals surface area contributed by atoms with E-state index in [-0.39, 0.29) is 31.1 Å². The van der Waals surface area contributed by atoms with Crippen LogP contribution in [0.4, 0.5) is 4.39 Å². The molecule has 8 nitrogen and oxygen atoms in total. The molecule has 0 unspecified atom stereocenters. The molecule has 0 radical (unpaired) electrons. The second-order valence-corrected chi connectivity index (χ2v) is 8.68. The smallest absolute Gasteiger partial charge is 0.309 e. The van der Waals surface area contributed by atoms with Crippen molar-refractivity contribution in [3.8, 4) is 0 Å². The van der Waals surface area contributed by atoms with Crippen molar-refractivity contribution in [2.45, 2.75) is 17.7 Å². The molecule has 1 saturated heterocycles. The van der Waals surface area contributed by atoms with Crippen molar-refractivity contribution < 1.29 is 27.1 Å². The molecule has 1 heterocycles. The van der Waals surface area contributed by atoms with Crippen LogP contribution in [0.5, 0.6) is 0 Å². The highest BCUT2D eigenvalue weighted by Gasteiger charge is 2.36. The van der Waals surface area contributed by atoms with Crippen molar-refractivity contribution in [3.63, 3.8) is 0 Å². The van der Waals surface area contributed by atoms with Crippen molar-refractivity contribution in [2.24, 2.45) is 0 Å². The van der Waals surface area contributed by atoms with Gasteiger partial charge in [0.25, 0.3) is 0 Å². The monoisotopic (exact) mass is 455 g/mol. The highest BCUT2D eigenvalue weighted by atomic mass is 35.5. The van der Waals surface area contributed by atoms with Gasteiger partial charge in [-0.25, -0.2) is 12.8 Å². The Hall–Kier alpha value is -2.53. The summed E-state index contributed by atoms with van der Waals surface area (Å²) in [4.78, 5) is 23.9. The van der Waals surface area contributed by atoms with Crippen molar-refractivity contribution in [1.82, 2.24) is 14.9 Å². The topological polar surface area (TPSA) is 105 Å². The first-order valence-electron chi connectivity index (χ1n) is 8.97. The second-order valence-electron chi connectivity index (χ2n) is 6.38. The fourth-order valence-electron chi connectivity index (χ4n) is 2.84. The number of halogens is 2. The van der Waals surface area contributed by atoms with E-state index in [0.29, 0.717) is 10.6 Å². The van der Waals surface area contributed by atoms with Crippen LogP contribution in [0.1, 0.15) is 5.56 Å². The summed E-state index contributed by atoms with van der Waals surface area (Å²) in [5.41, 5.74) is 0.649. The molecule has 1 atom stereocenters. The summed E-state index contributed by atoms with van der Waals surface area (Å²) in [5, 5.41) is 5.26. The molecule has 2 aromatic rings. The van der Waals surface area contributed by atoms with Crippen LogP contribution in [-0.2, 0) is 30.9 Å². The summed E-state index contributed by atoms with van der Waals surface area (Å²) in [6, 6.07) is 11.3. The van der Waals surface area contributed by atoms with Crippen molar-refractivity contribution >= 4 is 33.4 Å². The van der Waals surface area contributed by atoms with Gasteiger partial charge < -0.3 is 15.4 Å². The van der Waals surface area contributed by atoms with Crippen LogP contribution >= 0.6 is 11.6 Å². The van der Waals surface area contributed by atoms with Gasteiger partial charge in [-0.05, 0) is 35.9 Å². The number of ether oxygens (including phenoxy) is 1. The average Bonchev–Trinajstić information content (AvgIpc) is 3.21. The number of nitrogens with one attached hydrogen (secondary N) is 2. The zero-order valence-corrected chi connectivity index (χ0v) is 17.2. The summed E-state index contributed by atoms with van der Waals surface area (Å²) in [7, 11) is -3.95. The van der Waals surface area contributed by atoms with Crippen molar-refractivity contribution in [2.75, 3.05) is 19.7 Å². The molecule has 0 saturated carbocycles. The van der Waals surface area contributed by atoms with E-state index in [9.17, 15) is 22.4 Å². The maximum atomic E-state index is 13.1. The lowest BCUT2D eigenvalue weighted by Crippen LogP contribution is -2.47. The third-order valence-corrected chi connectivity index (χ3v) is 6.68.